The van der Waals surface area contributed by atoms with Crippen LogP contribution in [-0.2, 0) is 11.3 Å². The molecule has 1 aromatic carbocycles. The number of hydrogen-bond donors (Lipinski definition) is 2. The molecule has 0 unspecified atom stereocenters. The summed E-state index contributed by atoms with van der Waals surface area (Å²) in [6.45, 7) is 2.09. The van der Waals surface area contributed by atoms with Gasteiger partial charge in [0.05, 0.1) is 6.54 Å². The van der Waals surface area contributed by atoms with E-state index in [9.17, 15) is 0 Å². The number of aromatic nitrogens is 2. The van der Waals surface area contributed by atoms with E-state index in [0.717, 1.165) is 31.1 Å². The molecule has 0 saturated heterocycles. The number of aliphatic imine (C=N–C) groups is 1. The molecule has 1 saturated carbocycles. The van der Waals surface area contributed by atoms with Crippen molar-refractivity contribution in [1.29, 1.82) is 0 Å². The standard InChI is InChI=1S/C19H26ClN5O2/c1-21-18(23-13-19(8-3-9-19)10-11-26-2)22-12-16-24-17(25-27-16)14-4-6-15(20)7-5-14/h4-7H,3,8-13H2,1-2H3,(H2,21,22,23). The van der Waals surface area contributed by atoms with Crippen LogP contribution in [0, 0.1) is 5.41 Å². The van der Waals surface area contributed by atoms with Gasteiger partial charge in [-0.1, -0.05) is 23.2 Å². The van der Waals surface area contributed by atoms with Crippen molar-refractivity contribution < 1.29 is 9.26 Å². The van der Waals surface area contributed by atoms with E-state index in [1.165, 1.54) is 19.3 Å². The van der Waals surface area contributed by atoms with Crippen molar-refractivity contribution in [2.45, 2.75) is 32.2 Å². The van der Waals surface area contributed by atoms with Crippen molar-refractivity contribution in [3.63, 3.8) is 0 Å². The van der Waals surface area contributed by atoms with Gasteiger partial charge in [0.1, 0.15) is 0 Å². The van der Waals surface area contributed by atoms with Crippen LogP contribution in [0.5, 0.6) is 0 Å². The Morgan fingerprint density at radius 3 is 2.70 bits per heavy atom. The smallest absolute Gasteiger partial charge is 0.246 e. The monoisotopic (exact) mass is 391 g/mol. The minimum Gasteiger partial charge on any atom is -0.385 e. The first-order valence-electron chi connectivity index (χ1n) is 9.16. The molecular weight excluding hydrogens is 366 g/mol. The van der Waals surface area contributed by atoms with Crippen LogP contribution < -0.4 is 10.6 Å². The molecule has 1 fully saturated rings. The van der Waals surface area contributed by atoms with E-state index in [-0.39, 0.29) is 0 Å². The van der Waals surface area contributed by atoms with E-state index in [0.29, 0.717) is 28.7 Å². The SMILES string of the molecule is CN=C(NCc1nc(-c2ccc(Cl)cc2)no1)NCC1(CCOC)CCC1. The molecule has 0 spiro atoms. The number of benzene rings is 1. The maximum atomic E-state index is 5.91. The second-order valence-electron chi connectivity index (χ2n) is 6.89. The minimum absolute atomic E-state index is 0.319. The van der Waals surface area contributed by atoms with Crippen molar-refractivity contribution in [2.75, 3.05) is 27.3 Å². The number of methoxy groups -OCH3 is 1. The highest BCUT2D eigenvalue weighted by atomic mass is 35.5. The summed E-state index contributed by atoms with van der Waals surface area (Å²) in [5.74, 6) is 1.77. The first-order chi connectivity index (χ1) is 13.1. The molecule has 2 N–H and O–H groups in total. The second-order valence-corrected chi connectivity index (χ2v) is 7.33. The van der Waals surface area contributed by atoms with Gasteiger partial charge >= 0.3 is 0 Å². The average Bonchev–Trinajstić information content (AvgIpc) is 3.12. The summed E-state index contributed by atoms with van der Waals surface area (Å²) in [5, 5.41) is 11.3. The first-order valence-corrected chi connectivity index (χ1v) is 9.54. The summed E-state index contributed by atoms with van der Waals surface area (Å²) < 4.78 is 10.6. The van der Waals surface area contributed by atoms with Crippen LogP contribution in [0.3, 0.4) is 0 Å². The lowest BCUT2D eigenvalue weighted by Gasteiger charge is -2.42. The van der Waals surface area contributed by atoms with Gasteiger partial charge in [-0.25, -0.2) is 0 Å². The topological polar surface area (TPSA) is 84.6 Å². The van der Waals surface area contributed by atoms with Crippen LogP contribution in [0.15, 0.2) is 33.8 Å². The van der Waals surface area contributed by atoms with Crippen LogP contribution in [0.1, 0.15) is 31.6 Å². The van der Waals surface area contributed by atoms with Gasteiger partial charge < -0.3 is 19.9 Å². The van der Waals surface area contributed by atoms with Gasteiger partial charge in [0.25, 0.3) is 0 Å². The summed E-state index contributed by atoms with van der Waals surface area (Å²) in [6.07, 6.45) is 4.82. The van der Waals surface area contributed by atoms with Gasteiger partial charge in [0.2, 0.25) is 11.7 Å². The molecule has 27 heavy (non-hydrogen) atoms. The summed E-state index contributed by atoms with van der Waals surface area (Å²) in [5.41, 5.74) is 1.18. The normalized spacial score (nSPS) is 16.0. The molecule has 2 aromatic rings. The fraction of sp³-hybridized carbons (Fsp3) is 0.526. The fourth-order valence-corrected chi connectivity index (χ4v) is 3.33. The molecule has 146 valence electrons. The molecule has 0 aliphatic heterocycles. The predicted octanol–water partition coefficient (Wildman–Crippen LogP) is 3.26. The van der Waals surface area contributed by atoms with Crippen LogP contribution in [0.2, 0.25) is 5.02 Å². The summed E-state index contributed by atoms with van der Waals surface area (Å²) in [7, 11) is 3.51. The highest BCUT2D eigenvalue weighted by Crippen LogP contribution is 2.43. The number of guanidine groups is 1. The van der Waals surface area contributed by atoms with Gasteiger partial charge in [0, 0.05) is 37.9 Å². The van der Waals surface area contributed by atoms with Gasteiger partial charge in [-0.3, -0.25) is 4.99 Å². The maximum Gasteiger partial charge on any atom is 0.246 e. The third kappa shape index (κ3) is 5.20. The van der Waals surface area contributed by atoms with E-state index >= 15 is 0 Å². The summed E-state index contributed by atoms with van der Waals surface area (Å²) in [6, 6.07) is 7.33. The molecule has 3 rings (SSSR count). The van der Waals surface area contributed by atoms with Gasteiger partial charge in [0.15, 0.2) is 5.96 Å². The Morgan fingerprint density at radius 2 is 2.07 bits per heavy atom. The van der Waals surface area contributed by atoms with E-state index in [1.807, 2.05) is 12.1 Å². The number of halogens is 1. The molecule has 1 aliphatic carbocycles. The molecule has 0 amide bonds. The summed E-state index contributed by atoms with van der Waals surface area (Å²) in [4.78, 5) is 8.69. The van der Waals surface area contributed by atoms with E-state index in [4.69, 9.17) is 20.9 Å². The van der Waals surface area contributed by atoms with Gasteiger partial charge in [-0.15, -0.1) is 0 Å². The van der Waals surface area contributed by atoms with Crippen molar-refractivity contribution in [3.05, 3.63) is 35.2 Å². The van der Waals surface area contributed by atoms with E-state index < -0.39 is 0 Å². The lowest BCUT2D eigenvalue weighted by Crippen LogP contribution is -2.46. The van der Waals surface area contributed by atoms with Crippen molar-refractivity contribution in [1.82, 2.24) is 20.8 Å². The molecule has 8 heteroatoms. The highest BCUT2D eigenvalue weighted by Gasteiger charge is 2.36. The Bertz CT molecular complexity index is 756. The molecular formula is C19H26ClN5O2. The molecule has 7 nitrogen and oxygen atoms in total. The zero-order valence-corrected chi connectivity index (χ0v) is 16.6. The lowest BCUT2D eigenvalue weighted by molar-refractivity contribution is 0.0732. The molecule has 0 radical (unpaired) electrons. The van der Waals surface area contributed by atoms with Crippen molar-refractivity contribution in [3.8, 4) is 11.4 Å². The average molecular weight is 392 g/mol. The largest absolute Gasteiger partial charge is 0.385 e. The Balaban J connectivity index is 1.50. The van der Waals surface area contributed by atoms with Crippen molar-refractivity contribution in [2.24, 2.45) is 10.4 Å². The van der Waals surface area contributed by atoms with Crippen molar-refractivity contribution >= 4 is 17.6 Å². The maximum absolute atomic E-state index is 5.91. The van der Waals surface area contributed by atoms with E-state index in [2.05, 4.69) is 25.8 Å². The third-order valence-corrected chi connectivity index (χ3v) is 5.33. The van der Waals surface area contributed by atoms with Crippen LogP contribution in [0.25, 0.3) is 11.4 Å². The third-order valence-electron chi connectivity index (χ3n) is 5.08. The number of nitrogens with zero attached hydrogens (tertiary/aromatic N) is 3. The Kier molecular flexibility index (Phi) is 6.68. The molecule has 1 aliphatic rings. The Labute approximate surface area is 164 Å². The zero-order chi connectivity index (χ0) is 19.1. The van der Waals surface area contributed by atoms with Crippen LogP contribution in [0.4, 0.5) is 0 Å². The quantitative estimate of drug-likeness (QED) is 0.530. The number of nitrogens with one attached hydrogen (secondary N) is 2. The molecule has 0 atom stereocenters. The second kappa shape index (κ2) is 9.19. The number of hydrogen-bond acceptors (Lipinski definition) is 5. The highest BCUT2D eigenvalue weighted by molar-refractivity contribution is 6.30. The van der Waals surface area contributed by atoms with Gasteiger partial charge in [-0.2, -0.15) is 4.98 Å². The summed E-state index contributed by atoms with van der Waals surface area (Å²) >= 11 is 5.91. The first kappa shape index (κ1) is 19.6. The minimum atomic E-state index is 0.319. The fourth-order valence-electron chi connectivity index (χ4n) is 3.20. The lowest BCUT2D eigenvalue weighted by atomic mass is 9.67. The van der Waals surface area contributed by atoms with E-state index in [1.54, 1.807) is 26.3 Å². The molecule has 1 aromatic heterocycles. The number of rotatable bonds is 8. The Hall–Kier alpha value is -2.12. The van der Waals surface area contributed by atoms with Crippen LogP contribution >= 0.6 is 11.6 Å². The predicted molar refractivity (Wildman–Crippen MR) is 106 cm³/mol. The molecule has 1 heterocycles. The Morgan fingerprint density at radius 1 is 1.30 bits per heavy atom. The zero-order valence-electron chi connectivity index (χ0n) is 15.8. The van der Waals surface area contributed by atoms with Gasteiger partial charge in [-0.05, 0) is 48.9 Å². The molecule has 0 bridgehead atoms. The number of ether oxygens (including phenoxy) is 1. The van der Waals surface area contributed by atoms with Crippen LogP contribution in [-0.4, -0.2) is 43.4 Å².